The van der Waals surface area contributed by atoms with Gasteiger partial charge in [0.2, 0.25) is 0 Å². The monoisotopic (exact) mass is 346 g/mol. The molecule has 0 radical (unpaired) electrons. The summed E-state index contributed by atoms with van der Waals surface area (Å²) in [5.74, 6) is 1.68. The summed E-state index contributed by atoms with van der Waals surface area (Å²) in [6.07, 6.45) is 7.45. The van der Waals surface area contributed by atoms with Gasteiger partial charge in [-0.3, -0.25) is 0 Å². The van der Waals surface area contributed by atoms with Crippen molar-refractivity contribution in [3.05, 3.63) is 0 Å². The maximum absolute atomic E-state index is 10.2. The number of nitrogens with zero attached hydrogens (tertiary/aromatic N) is 1. The van der Waals surface area contributed by atoms with Crippen LogP contribution in [0.2, 0.25) is 0 Å². The Hall–Kier alpha value is 0.170. The lowest BCUT2D eigenvalue weighted by atomic mass is 9.72. The zero-order valence-electron chi connectivity index (χ0n) is 15.6. The van der Waals surface area contributed by atoms with E-state index in [4.69, 9.17) is 4.74 Å². The SMILES string of the molecule is CC1CCN(CC(O)COC2CCC(C(C)(C)C)CC2)CC1.[Cl-]. The first-order valence-electron chi connectivity index (χ1n) is 9.36. The average Bonchev–Trinajstić information content (AvgIpc) is 2.47. The summed E-state index contributed by atoms with van der Waals surface area (Å²) in [4.78, 5) is 2.39. The molecule has 1 unspecified atom stereocenters. The average molecular weight is 347 g/mol. The van der Waals surface area contributed by atoms with Gasteiger partial charge in [0, 0.05) is 6.54 Å². The molecule has 0 amide bonds. The molecule has 2 aliphatic rings. The maximum Gasteiger partial charge on any atom is 0.0900 e. The van der Waals surface area contributed by atoms with Crippen molar-refractivity contribution in [2.45, 2.75) is 78.4 Å². The largest absolute Gasteiger partial charge is 1.00 e. The molecule has 3 nitrogen and oxygen atoms in total. The van der Waals surface area contributed by atoms with E-state index in [0.717, 1.165) is 44.3 Å². The van der Waals surface area contributed by atoms with Crippen LogP contribution in [-0.4, -0.2) is 48.5 Å². The number of aliphatic hydroxyl groups is 1. The lowest BCUT2D eigenvalue weighted by Crippen LogP contribution is -3.00. The topological polar surface area (TPSA) is 32.7 Å². The Labute approximate surface area is 149 Å². The Bertz CT molecular complexity index is 316. The molecule has 1 N–H and O–H groups in total. The second-order valence-corrected chi connectivity index (χ2v) is 8.81. The predicted octanol–water partition coefficient (Wildman–Crippen LogP) is 0.705. The number of likely N-dealkylation sites (tertiary alicyclic amines) is 1. The van der Waals surface area contributed by atoms with Gasteiger partial charge in [-0.1, -0.05) is 27.7 Å². The Kier molecular flexibility index (Phi) is 8.85. The zero-order valence-corrected chi connectivity index (χ0v) is 16.3. The molecular weight excluding hydrogens is 310 g/mol. The van der Waals surface area contributed by atoms with Crippen molar-refractivity contribution in [1.82, 2.24) is 4.90 Å². The second-order valence-electron chi connectivity index (χ2n) is 8.81. The minimum atomic E-state index is -0.325. The van der Waals surface area contributed by atoms with Crippen molar-refractivity contribution in [2.75, 3.05) is 26.2 Å². The van der Waals surface area contributed by atoms with E-state index in [-0.39, 0.29) is 18.5 Å². The molecule has 1 saturated carbocycles. The summed E-state index contributed by atoms with van der Waals surface area (Å²) in [5, 5.41) is 10.2. The molecule has 1 aliphatic carbocycles. The third-order valence-corrected chi connectivity index (χ3v) is 5.77. The second kappa shape index (κ2) is 9.60. The third kappa shape index (κ3) is 7.29. The van der Waals surface area contributed by atoms with Crippen molar-refractivity contribution in [3.63, 3.8) is 0 Å². The van der Waals surface area contributed by atoms with Crippen LogP contribution in [0.15, 0.2) is 0 Å². The highest BCUT2D eigenvalue weighted by atomic mass is 35.5. The summed E-state index contributed by atoms with van der Waals surface area (Å²) < 4.78 is 5.99. The number of hydrogen-bond donors (Lipinski definition) is 1. The number of piperidine rings is 1. The van der Waals surface area contributed by atoms with E-state index >= 15 is 0 Å². The maximum atomic E-state index is 10.2. The van der Waals surface area contributed by atoms with Crippen LogP contribution in [-0.2, 0) is 4.74 Å². The van der Waals surface area contributed by atoms with Gasteiger partial charge in [0.05, 0.1) is 18.8 Å². The molecule has 1 atom stereocenters. The fourth-order valence-corrected chi connectivity index (χ4v) is 3.94. The van der Waals surface area contributed by atoms with Crippen molar-refractivity contribution >= 4 is 0 Å². The van der Waals surface area contributed by atoms with Crippen LogP contribution in [0.1, 0.15) is 66.2 Å². The van der Waals surface area contributed by atoms with Crippen LogP contribution in [0.25, 0.3) is 0 Å². The van der Waals surface area contributed by atoms with Gasteiger partial charge in [0.25, 0.3) is 0 Å². The molecule has 23 heavy (non-hydrogen) atoms. The van der Waals surface area contributed by atoms with Crippen LogP contribution in [0.4, 0.5) is 0 Å². The summed E-state index contributed by atoms with van der Waals surface area (Å²) in [6.45, 7) is 12.9. The molecule has 2 fully saturated rings. The minimum Gasteiger partial charge on any atom is -1.00 e. The number of hydrogen-bond acceptors (Lipinski definition) is 3. The Morgan fingerprint density at radius 1 is 1.04 bits per heavy atom. The quantitative estimate of drug-likeness (QED) is 0.795. The van der Waals surface area contributed by atoms with Crippen molar-refractivity contribution in [1.29, 1.82) is 0 Å². The van der Waals surface area contributed by atoms with Gasteiger partial charge in [-0.15, -0.1) is 0 Å². The van der Waals surface area contributed by atoms with Crippen LogP contribution < -0.4 is 12.4 Å². The number of halogens is 1. The molecule has 0 spiro atoms. The van der Waals surface area contributed by atoms with Crippen LogP contribution in [0, 0.1) is 17.3 Å². The number of β-amino-alcohol motifs (C(OH)–C–C–N with tert-alkyl or cyclic N) is 1. The zero-order chi connectivity index (χ0) is 16.2. The van der Waals surface area contributed by atoms with E-state index < -0.39 is 0 Å². The molecule has 1 heterocycles. The molecule has 0 aromatic rings. The molecule has 0 bridgehead atoms. The molecule has 0 aromatic carbocycles. The van der Waals surface area contributed by atoms with Gasteiger partial charge in [-0.2, -0.15) is 0 Å². The van der Waals surface area contributed by atoms with Crippen molar-refractivity contribution < 1.29 is 22.3 Å². The highest BCUT2D eigenvalue weighted by molar-refractivity contribution is 4.81. The molecule has 0 aromatic heterocycles. The van der Waals surface area contributed by atoms with Gasteiger partial charge in [-0.25, -0.2) is 0 Å². The molecular formula is C19H37ClNO2-. The standard InChI is InChI=1S/C19H37NO2.ClH/c1-15-9-11-20(12-10-15)13-17(21)14-22-18-7-5-16(6-8-18)19(2,3)4;/h15-18,21H,5-14H2,1-4H3;1H/p-1. The van der Waals surface area contributed by atoms with E-state index in [9.17, 15) is 5.11 Å². The first-order chi connectivity index (χ1) is 10.3. The highest BCUT2D eigenvalue weighted by Crippen LogP contribution is 2.38. The van der Waals surface area contributed by atoms with E-state index in [1.54, 1.807) is 0 Å². The van der Waals surface area contributed by atoms with E-state index in [2.05, 4.69) is 32.6 Å². The normalized spacial score (nSPS) is 29.1. The molecule has 4 heteroatoms. The number of rotatable bonds is 5. The Morgan fingerprint density at radius 3 is 2.13 bits per heavy atom. The van der Waals surface area contributed by atoms with E-state index in [0.29, 0.717) is 18.1 Å². The first-order valence-corrected chi connectivity index (χ1v) is 9.36. The summed E-state index contributed by atoms with van der Waals surface area (Å²) in [7, 11) is 0. The van der Waals surface area contributed by atoms with Crippen molar-refractivity contribution in [2.24, 2.45) is 17.3 Å². The summed E-state index contributed by atoms with van der Waals surface area (Å²) in [5.41, 5.74) is 0.426. The van der Waals surface area contributed by atoms with Gasteiger partial charge in [0.1, 0.15) is 0 Å². The van der Waals surface area contributed by atoms with Crippen LogP contribution in [0.3, 0.4) is 0 Å². The fourth-order valence-electron chi connectivity index (χ4n) is 3.94. The van der Waals surface area contributed by atoms with E-state index in [1.165, 1.54) is 25.7 Å². The molecule has 138 valence electrons. The van der Waals surface area contributed by atoms with Gasteiger partial charge >= 0.3 is 0 Å². The summed E-state index contributed by atoms with van der Waals surface area (Å²) >= 11 is 0. The Morgan fingerprint density at radius 2 is 1.61 bits per heavy atom. The molecule has 1 saturated heterocycles. The molecule has 2 rings (SSSR count). The van der Waals surface area contributed by atoms with Gasteiger partial charge in [0.15, 0.2) is 0 Å². The van der Waals surface area contributed by atoms with Gasteiger partial charge in [-0.05, 0) is 68.9 Å². The minimum absolute atomic E-state index is 0. The lowest BCUT2D eigenvalue weighted by Gasteiger charge is -2.37. The van der Waals surface area contributed by atoms with E-state index in [1.807, 2.05) is 0 Å². The Balaban J connectivity index is 0.00000264. The van der Waals surface area contributed by atoms with Crippen LogP contribution in [0.5, 0.6) is 0 Å². The smallest absolute Gasteiger partial charge is 0.0900 e. The third-order valence-electron chi connectivity index (χ3n) is 5.77. The summed E-state index contributed by atoms with van der Waals surface area (Å²) in [6, 6.07) is 0. The number of ether oxygens (including phenoxy) is 1. The van der Waals surface area contributed by atoms with Crippen molar-refractivity contribution in [3.8, 4) is 0 Å². The molecule has 1 aliphatic heterocycles. The van der Waals surface area contributed by atoms with Gasteiger partial charge < -0.3 is 27.2 Å². The highest BCUT2D eigenvalue weighted by Gasteiger charge is 2.30. The first kappa shape index (κ1) is 21.2. The number of aliphatic hydroxyl groups excluding tert-OH is 1. The predicted molar refractivity (Wildman–Crippen MR) is 92.0 cm³/mol. The van der Waals surface area contributed by atoms with Crippen LogP contribution >= 0.6 is 0 Å². The fraction of sp³-hybridized carbons (Fsp3) is 1.00. The lowest BCUT2D eigenvalue weighted by molar-refractivity contribution is -0.0461.